The number of aromatic nitrogens is 2. The van der Waals surface area contributed by atoms with Gasteiger partial charge in [-0.1, -0.05) is 55.5 Å². The molecule has 3 aromatic rings. The van der Waals surface area contributed by atoms with Crippen LogP contribution in [0.1, 0.15) is 18.9 Å². The number of hydrogen-bond donors (Lipinski definition) is 3. The standard InChI is InChI=1S/C27H22N4O6/c1-2-17(13-15-20-22(32)28-26(36)30(24(20)34)18-9-5-3-6-10-18)14-16-21-23(33)29-27(37)31(25(21)35)19-11-7-4-8-12-19/h3-16,34H,2H2,1H3,(H,28,32,36)(H,29,33,37)/b15-13+,17-14+,21-16+. The van der Waals surface area contributed by atoms with Gasteiger partial charge < -0.3 is 5.11 Å². The smallest absolute Gasteiger partial charge is 0.335 e. The number of barbiturate groups is 1. The second-order valence-corrected chi connectivity index (χ2v) is 7.91. The Labute approximate surface area is 210 Å². The van der Waals surface area contributed by atoms with Crippen molar-refractivity contribution in [3.8, 4) is 11.6 Å². The molecule has 37 heavy (non-hydrogen) atoms. The number of H-pyrrole nitrogens is 1. The first kappa shape index (κ1) is 24.9. The molecule has 0 atom stereocenters. The van der Waals surface area contributed by atoms with E-state index in [2.05, 4.69) is 10.3 Å². The number of imide groups is 2. The third-order valence-corrected chi connectivity index (χ3v) is 5.59. The second kappa shape index (κ2) is 10.6. The summed E-state index contributed by atoms with van der Waals surface area (Å²) in [7, 11) is 0. The van der Waals surface area contributed by atoms with Crippen molar-refractivity contribution in [3.63, 3.8) is 0 Å². The number of aromatic hydroxyl groups is 1. The number of aromatic amines is 1. The molecular weight excluding hydrogens is 476 g/mol. The monoisotopic (exact) mass is 498 g/mol. The summed E-state index contributed by atoms with van der Waals surface area (Å²) in [4.78, 5) is 65.3. The number of para-hydroxylation sites is 2. The van der Waals surface area contributed by atoms with E-state index in [0.717, 1.165) is 9.47 Å². The molecule has 0 radical (unpaired) electrons. The average molecular weight is 498 g/mol. The fourth-order valence-electron chi connectivity index (χ4n) is 3.67. The molecule has 4 amide bonds. The van der Waals surface area contributed by atoms with Crippen LogP contribution in [0.5, 0.6) is 5.88 Å². The van der Waals surface area contributed by atoms with Crippen molar-refractivity contribution < 1.29 is 19.5 Å². The van der Waals surface area contributed by atoms with Gasteiger partial charge in [0.05, 0.1) is 11.4 Å². The van der Waals surface area contributed by atoms with Gasteiger partial charge in [0, 0.05) is 0 Å². The Morgan fingerprint density at radius 3 is 2.16 bits per heavy atom. The van der Waals surface area contributed by atoms with Gasteiger partial charge in [-0.05, 0) is 48.4 Å². The van der Waals surface area contributed by atoms with Crippen LogP contribution in [0.15, 0.2) is 99.6 Å². The van der Waals surface area contributed by atoms with Crippen LogP contribution in [0.25, 0.3) is 11.8 Å². The molecular formula is C27H22N4O6. The Morgan fingerprint density at radius 2 is 1.54 bits per heavy atom. The lowest BCUT2D eigenvalue weighted by Gasteiger charge is -2.26. The summed E-state index contributed by atoms with van der Waals surface area (Å²) in [5.74, 6) is -2.15. The van der Waals surface area contributed by atoms with Gasteiger partial charge in [-0.2, -0.15) is 0 Å². The van der Waals surface area contributed by atoms with Crippen molar-refractivity contribution in [3.05, 3.63) is 116 Å². The molecule has 1 aliphatic heterocycles. The molecule has 0 saturated carbocycles. The number of urea groups is 1. The largest absolute Gasteiger partial charge is 0.494 e. The Morgan fingerprint density at radius 1 is 0.919 bits per heavy atom. The number of nitrogens with zero attached hydrogens (tertiary/aromatic N) is 2. The van der Waals surface area contributed by atoms with Gasteiger partial charge in [0.15, 0.2) is 0 Å². The minimum absolute atomic E-state index is 0.150. The van der Waals surface area contributed by atoms with Crippen LogP contribution in [0.4, 0.5) is 10.5 Å². The highest BCUT2D eigenvalue weighted by atomic mass is 16.3. The number of rotatable bonds is 6. The van der Waals surface area contributed by atoms with E-state index in [9.17, 15) is 29.1 Å². The predicted molar refractivity (Wildman–Crippen MR) is 137 cm³/mol. The highest BCUT2D eigenvalue weighted by molar-refractivity contribution is 6.37. The molecule has 0 aliphatic carbocycles. The maximum atomic E-state index is 12.9. The quantitative estimate of drug-likeness (QED) is 0.271. The number of carbonyl (C=O) groups excluding carboxylic acids is 3. The van der Waals surface area contributed by atoms with Gasteiger partial charge in [-0.25, -0.2) is 19.1 Å². The number of benzene rings is 2. The van der Waals surface area contributed by atoms with E-state index in [-0.39, 0.29) is 11.1 Å². The number of amides is 4. The zero-order valence-corrected chi connectivity index (χ0v) is 19.7. The normalized spacial score (nSPS) is 15.5. The summed E-state index contributed by atoms with van der Waals surface area (Å²) >= 11 is 0. The molecule has 186 valence electrons. The number of anilines is 1. The van der Waals surface area contributed by atoms with Crippen molar-refractivity contribution in [1.29, 1.82) is 0 Å². The molecule has 0 spiro atoms. The molecule has 0 unspecified atom stereocenters. The van der Waals surface area contributed by atoms with Crippen LogP contribution in [-0.4, -0.2) is 32.5 Å². The molecule has 10 nitrogen and oxygen atoms in total. The predicted octanol–water partition coefficient (Wildman–Crippen LogP) is 2.79. The minimum Gasteiger partial charge on any atom is -0.494 e. The van der Waals surface area contributed by atoms with Gasteiger partial charge >= 0.3 is 11.7 Å². The first-order valence-corrected chi connectivity index (χ1v) is 11.3. The maximum Gasteiger partial charge on any atom is 0.335 e. The van der Waals surface area contributed by atoms with Gasteiger partial charge in [-0.15, -0.1) is 0 Å². The van der Waals surface area contributed by atoms with E-state index in [1.807, 2.05) is 6.92 Å². The average Bonchev–Trinajstić information content (AvgIpc) is 2.88. The highest BCUT2D eigenvalue weighted by Gasteiger charge is 2.36. The molecule has 3 N–H and O–H groups in total. The van der Waals surface area contributed by atoms with Crippen LogP contribution in [0.2, 0.25) is 0 Å². The zero-order valence-electron chi connectivity index (χ0n) is 19.7. The molecule has 4 rings (SSSR count). The van der Waals surface area contributed by atoms with Crippen molar-refractivity contribution in [2.24, 2.45) is 0 Å². The fourth-order valence-corrected chi connectivity index (χ4v) is 3.67. The van der Waals surface area contributed by atoms with E-state index in [0.29, 0.717) is 23.4 Å². The third kappa shape index (κ3) is 5.08. The molecule has 0 bridgehead atoms. The maximum absolute atomic E-state index is 12.9. The molecule has 1 aliphatic rings. The van der Waals surface area contributed by atoms with Crippen LogP contribution in [0, 0.1) is 0 Å². The lowest BCUT2D eigenvalue weighted by molar-refractivity contribution is -0.122. The Bertz CT molecular complexity index is 1580. The SMILES string of the molecule is CCC(/C=C/c1c(O)n(-c2ccccc2)c(=O)[nH]c1=O)=C\C=C1/C(=O)NC(=O)N(c2ccccc2)C1=O. The summed E-state index contributed by atoms with van der Waals surface area (Å²) < 4.78 is 0.971. The molecule has 2 heterocycles. The van der Waals surface area contributed by atoms with Crippen molar-refractivity contribution in [2.75, 3.05) is 4.90 Å². The number of allylic oxidation sites excluding steroid dienone is 4. The van der Waals surface area contributed by atoms with Gasteiger partial charge in [0.25, 0.3) is 17.4 Å². The van der Waals surface area contributed by atoms with Crippen LogP contribution < -0.4 is 21.5 Å². The van der Waals surface area contributed by atoms with E-state index in [1.54, 1.807) is 60.7 Å². The van der Waals surface area contributed by atoms with E-state index < -0.39 is 35.0 Å². The molecule has 1 aromatic heterocycles. The molecule has 1 fully saturated rings. The molecule has 2 aromatic carbocycles. The highest BCUT2D eigenvalue weighted by Crippen LogP contribution is 2.21. The second-order valence-electron chi connectivity index (χ2n) is 7.91. The van der Waals surface area contributed by atoms with E-state index in [4.69, 9.17) is 0 Å². The van der Waals surface area contributed by atoms with Gasteiger partial charge in [0.1, 0.15) is 11.1 Å². The summed E-state index contributed by atoms with van der Waals surface area (Å²) in [6.07, 6.45) is 6.09. The van der Waals surface area contributed by atoms with Crippen LogP contribution in [-0.2, 0) is 9.59 Å². The minimum atomic E-state index is -0.846. The fraction of sp³-hybridized carbons (Fsp3) is 0.0741. The summed E-state index contributed by atoms with van der Waals surface area (Å²) in [5.41, 5.74) is -0.700. The van der Waals surface area contributed by atoms with Crippen molar-refractivity contribution >= 4 is 29.6 Å². The summed E-state index contributed by atoms with van der Waals surface area (Å²) in [5, 5.41) is 12.8. The third-order valence-electron chi connectivity index (χ3n) is 5.59. The molecule has 10 heteroatoms. The summed E-state index contributed by atoms with van der Waals surface area (Å²) in [6, 6.07) is 15.7. The van der Waals surface area contributed by atoms with Crippen molar-refractivity contribution in [2.45, 2.75) is 13.3 Å². The van der Waals surface area contributed by atoms with Crippen molar-refractivity contribution in [1.82, 2.24) is 14.9 Å². The zero-order chi connectivity index (χ0) is 26.5. The molecule has 1 saturated heterocycles. The number of hydrogen-bond acceptors (Lipinski definition) is 6. The first-order valence-electron chi connectivity index (χ1n) is 11.3. The van der Waals surface area contributed by atoms with E-state index >= 15 is 0 Å². The van der Waals surface area contributed by atoms with Crippen LogP contribution in [0.3, 0.4) is 0 Å². The first-order chi connectivity index (χ1) is 17.8. The lowest BCUT2D eigenvalue weighted by atomic mass is 10.1. The Balaban J connectivity index is 1.67. The Kier molecular flexibility index (Phi) is 7.10. The lowest BCUT2D eigenvalue weighted by Crippen LogP contribution is -2.54. The van der Waals surface area contributed by atoms with Crippen LogP contribution >= 0.6 is 0 Å². The Hall–Kier alpha value is -5.25. The topological polar surface area (TPSA) is 142 Å². The van der Waals surface area contributed by atoms with Gasteiger partial charge in [0.2, 0.25) is 5.88 Å². The van der Waals surface area contributed by atoms with E-state index in [1.165, 1.54) is 24.3 Å². The number of nitrogens with one attached hydrogen (secondary N) is 2. The summed E-state index contributed by atoms with van der Waals surface area (Å²) in [6.45, 7) is 1.81. The number of carbonyl (C=O) groups is 3. The van der Waals surface area contributed by atoms with Gasteiger partial charge in [-0.3, -0.25) is 24.7 Å².